The zero-order chi connectivity index (χ0) is 14.8. The molecule has 0 aliphatic rings. The van der Waals surface area contributed by atoms with Crippen LogP contribution >= 0.6 is 70.2 Å². The third-order valence-corrected chi connectivity index (χ3v) is 32.0. The molecule has 0 heterocycles. The van der Waals surface area contributed by atoms with Crippen molar-refractivity contribution in [1.82, 2.24) is 0 Å². The molecule has 0 saturated heterocycles. The Kier molecular flexibility index (Phi) is 13.6. The lowest BCUT2D eigenvalue weighted by molar-refractivity contribution is 0.0962. The van der Waals surface area contributed by atoms with E-state index in [1.807, 2.05) is 20.8 Å². The van der Waals surface area contributed by atoms with E-state index in [-0.39, 0.29) is 0 Å². The Balaban J connectivity index is 5.50. The molecule has 3 nitrogen and oxygen atoms in total. The molecule has 0 saturated carbocycles. The normalized spacial score (nSPS) is 13.8. The molecule has 0 atom stereocenters. The summed E-state index contributed by atoms with van der Waals surface area (Å²) in [5.74, 6) is 0.940. The Morgan fingerprint density at radius 3 is 1.42 bits per heavy atom. The maximum Gasteiger partial charge on any atom is 0.576 e. The average molecular weight is 419 g/mol. The first kappa shape index (κ1) is 21.5. The lowest BCUT2D eigenvalue weighted by Gasteiger charge is -2.45. The molecule has 0 aromatic carbocycles. The van der Waals surface area contributed by atoms with Gasteiger partial charge in [-0.05, 0) is 65.8 Å². The summed E-state index contributed by atoms with van der Waals surface area (Å²) in [6.45, 7) is 9.88. The van der Waals surface area contributed by atoms with Crippen molar-refractivity contribution in [2.45, 2.75) is 27.7 Å². The number of hydrogen-bond acceptors (Lipinski definition) is 9. The van der Waals surface area contributed by atoms with Crippen LogP contribution in [-0.2, 0) is 13.3 Å². The fourth-order valence-corrected chi connectivity index (χ4v) is 38.7. The van der Waals surface area contributed by atoms with Gasteiger partial charge in [0, 0.05) is 19.8 Å². The zero-order valence-electron chi connectivity index (χ0n) is 11.5. The highest BCUT2D eigenvalue weighted by molar-refractivity contribution is 9.57. The van der Waals surface area contributed by atoms with Crippen molar-refractivity contribution in [3.05, 3.63) is 0 Å². The third-order valence-electron chi connectivity index (χ3n) is 2.00. The van der Waals surface area contributed by atoms with Crippen LogP contribution in [0, 0.1) is 0 Å². The van der Waals surface area contributed by atoms with E-state index in [4.69, 9.17) is 13.3 Å². The van der Waals surface area contributed by atoms with Crippen LogP contribution in [0.4, 0.5) is 0 Å². The smallest absolute Gasteiger partial charge is 0.366 e. The van der Waals surface area contributed by atoms with Gasteiger partial charge >= 0.3 is 7.95 Å². The van der Waals surface area contributed by atoms with Crippen molar-refractivity contribution in [3.63, 3.8) is 0 Å². The largest absolute Gasteiger partial charge is 0.576 e. The fraction of sp³-hybridized carbons (Fsp3) is 1.00. The molecule has 118 valence electrons. The maximum atomic E-state index is 6.07. The molecule has 0 N–H and O–H groups in total. The van der Waals surface area contributed by atoms with Gasteiger partial charge in [-0.3, -0.25) is 0 Å². The zero-order valence-corrected chi connectivity index (χ0v) is 18.4. The average Bonchev–Trinajstić information content (AvgIpc) is 2.39. The highest BCUT2D eigenvalue weighted by atomic mass is 34.0. The second kappa shape index (κ2) is 12.0. The Labute approximate surface area is 143 Å². The summed E-state index contributed by atoms with van der Waals surface area (Å²) in [6.07, 6.45) is 0. The van der Waals surface area contributed by atoms with E-state index in [0.29, 0.717) is 19.8 Å². The molecule has 0 aliphatic heterocycles. The number of thiol groups is 2. The summed E-state index contributed by atoms with van der Waals surface area (Å²) in [5.41, 5.74) is 0. The van der Waals surface area contributed by atoms with Crippen LogP contribution in [0.25, 0.3) is 0 Å². The van der Waals surface area contributed by atoms with Crippen LogP contribution in [0.15, 0.2) is 0 Å². The van der Waals surface area contributed by atoms with Crippen molar-refractivity contribution in [1.29, 1.82) is 0 Å². The molecule has 0 amide bonds. The minimum atomic E-state index is -2.75. The van der Waals surface area contributed by atoms with Crippen LogP contribution in [0.2, 0.25) is 0 Å². The Bertz CT molecular complexity index is 213. The van der Waals surface area contributed by atoms with E-state index in [2.05, 4.69) is 30.2 Å². The molecule has 0 fully saturated rings. The molecule has 19 heavy (non-hydrogen) atoms. The summed E-state index contributed by atoms with van der Waals surface area (Å²) >= 11 is 8.61. The Hall–Kier alpha value is 2.55. The summed E-state index contributed by atoms with van der Waals surface area (Å²) < 4.78 is 18.2. The first-order chi connectivity index (χ1) is 9.11. The minimum absolute atomic E-state index is 0.594. The molecule has 0 bridgehead atoms. The van der Waals surface area contributed by atoms with Crippen molar-refractivity contribution in [3.8, 4) is 0 Å². The van der Waals surface area contributed by atoms with Gasteiger partial charge in [-0.15, -0.1) is 0 Å². The van der Waals surface area contributed by atoms with Crippen molar-refractivity contribution >= 4 is 78.1 Å². The summed E-state index contributed by atoms with van der Waals surface area (Å²) in [5, 5.41) is 0. The molecule has 0 unspecified atom stereocenters. The monoisotopic (exact) mass is 418 g/mol. The predicted molar refractivity (Wildman–Crippen MR) is 107 cm³/mol. The van der Waals surface area contributed by atoms with Crippen LogP contribution in [-0.4, -0.2) is 33.5 Å². The van der Waals surface area contributed by atoms with Gasteiger partial charge in [0.15, 0.2) is 0 Å². The summed E-state index contributed by atoms with van der Waals surface area (Å²) in [6, 6.07) is 0. The maximum absolute atomic E-state index is 6.07. The van der Waals surface area contributed by atoms with Gasteiger partial charge in [0.25, 0.3) is 0 Å². The van der Waals surface area contributed by atoms with Crippen LogP contribution in [0.3, 0.4) is 0 Å². The number of hydrogen-bond donors (Lipinski definition) is 2. The standard InChI is InChI=1S/C8H22O3S7Si/c1-5-9-19(10-6-2,11-7-3)18(8-4,16-14-12)17-15-13/h12-13H,5-8H2,1-4H3. The summed E-state index contributed by atoms with van der Waals surface area (Å²) in [4.78, 5) is 0. The Morgan fingerprint density at radius 2 is 1.21 bits per heavy atom. The molecule has 0 spiro atoms. The van der Waals surface area contributed by atoms with Gasteiger partial charge < -0.3 is 13.3 Å². The molecule has 11 heteroatoms. The quantitative estimate of drug-likeness (QED) is 0.241. The predicted octanol–water partition coefficient (Wildman–Crippen LogP) is 5.64. The van der Waals surface area contributed by atoms with Gasteiger partial charge in [0.1, 0.15) is 0 Å². The molecule has 0 aromatic heterocycles. The SMILES string of the molecule is CCO[Si](OCC)(OCC)S(CC)(SSS)SSS. The fourth-order valence-electron chi connectivity index (χ4n) is 1.39. The Morgan fingerprint density at radius 1 is 0.842 bits per heavy atom. The highest BCUT2D eigenvalue weighted by Crippen LogP contribution is 2.81. The first-order valence-electron chi connectivity index (χ1n) is 5.83. The molecule has 0 aromatic rings. The van der Waals surface area contributed by atoms with Gasteiger partial charge in [-0.25, -0.2) is 0 Å². The minimum Gasteiger partial charge on any atom is -0.366 e. The van der Waals surface area contributed by atoms with Crippen LogP contribution in [0.5, 0.6) is 0 Å². The van der Waals surface area contributed by atoms with Gasteiger partial charge in [0.05, 0.1) is 0 Å². The van der Waals surface area contributed by atoms with Gasteiger partial charge in [-0.2, -0.15) is 0 Å². The first-order valence-corrected chi connectivity index (χ1v) is 17.5. The molecule has 0 rings (SSSR count). The van der Waals surface area contributed by atoms with Gasteiger partial charge in [-0.1, -0.05) is 37.8 Å². The van der Waals surface area contributed by atoms with E-state index in [1.165, 1.54) is 19.7 Å². The van der Waals surface area contributed by atoms with Gasteiger partial charge in [0.2, 0.25) is 0 Å². The number of rotatable bonds is 12. The highest BCUT2D eigenvalue weighted by Gasteiger charge is 2.59. The second-order valence-corrected chi connectivity index (χ2v) is 23.5. The van der Waals surface area contributed by atoms with E-state index in [1.54, 1.807) is 19.7 Å². The van der Waals surface area contributed by atoms with E-state index < -0.39 is 15.5 Å². The lowest BCUT2D eigenvalue weighted by Crippen LogP contribution is -2.49. The van der Waals surface area contributed by atoms with E-state index >= 15 is 0 Å². The molecular formula is C8H22O3S7Si. The molecular weight excluding hydrogens is 397 g/mol. The third kappa shape index (κ3) is 5.92. The van der Waals surface area contributed by atoms with Crippen LogP contribution < -0.4 is 0 Å². The van der Waals surface area contributed by atoms with Crippen molar-refractivity contribution in [2.24, 2.45) is 0 Å². The van der Waals surface area contributed by atoms with Crippen LogP contribution in [0.1, 0.15) is 27.7 Å². The second-order valence-electron chi connectivity index (χ2n) is 2.99. The van der Waals surface area contributed by atoms with Crippen molar-refractivity contribution < 1.29 is 13.3 Å². The lowest BCUT2D eigenvalue weighted by atomic mass is 10.9. The summed E-state index contributed by atoms with van der Waals surface area (Å²) in [7, 11) is 2.25. The van der Waals surface area contributed by atoms with E-state index in [9.17, 15) is 0 Å². The topological polar surface area (TPSA) is 27.7 Å². The molecule has 0 aliphatic carbocycles. The van der Waals surface area contributed by atoms with E-state index in [0.717, 1.165) is 5.75 Å². The molecule has 0 radical (unpaired) electrons. The van der Waals surface area contributed by atoms with Crippen molar-refractivity contribution in [2.75, 3.05) is 25.6 Å².